The number of anilines is 1. The summed E-state index contributed by atoms with van der Waals surface area (Å²) in [4.78, 5) is 6.24. The van der Waals surface area contributed by atoms with Crippen LogP contribution >= 0.6 is 22.9 Å². The first-order valence-corrected chi connectivity index (χ1v) is 5.46. The Hall–Kier alpha value is -0.320. The van der Waals surface area contributed by atoms with Crippen LogP contribution in [-0.4, -0.2) is 29.3 Å². The molecule has 0 spiro atoms. The van der Waals surface area contributed by atoms with Crippen LogP contribution in [0.2, 0.25) is 5.15 Å². The lowest BCUT2D eigenvalue weighted by molar-refractivity contribution is 0.157. The van der Waals surface area contributed by atoms with Crippen molar-refractivity contribution in [2.45, 2.75) is 13.0 Å². The predicted molar refractivity (Wildman–Crippen MR) is 54.5 cm³/mol. The van der Waals surface area contributed by atoms with Crippen LogP contribution in [-0.2, 0) is 0 Å². The molecule has 0 radical (unpaired) electrons. The highest BCUT2D eigenvalue weighted by atomic mass is 35.5. The third-order valence-corrected chi connectivity index (χ3v) is 3.53. The van der Waals surface area contributed by atoms with Crippen molar-refractivity contribution in [1.29, 1.82) is 0 Å². The zero-order valence-electron chi connectivity index (χ0n) is 7.27. The van der Waals surface area contributed by atoms with Crippen LogP contribution in [0.15, 0.2) is 5.38 Å². The highest BCUT2D eigenvalue weighted by Gasteiger charge is 2.29. The summed E-state index contributed by atoms with van der Waals surface area (Å²) >= 11 is 7.24. The molecule has 1 aliphatic heterocycles. The van der Waals surface area contributed by atoms with Gasteiger partial charge in [0.15, 0.2) is 5.13 Å². The summed E-state index contributed by atoms with van der Waals surface area (Å²) in [5.74, 6) is 0.322. The van der Waals surface area contributed by atoms with Crippen LogP contribution in [0.4, 0.5) is 5.13 Å². The van der Waals surface area contributed by atoms with Crippen LogP contribution in [0.25, 0.3) is 0 Å². The second-order valence-corrected chi connectivity index (χ2v) is 4.63. The Labute approximate surface area is 86.0 Å². The van der Waals surface area contributed by atoms with Gasteiger partial charge in [-0.1, -0.05) is 18.5 Å². The number of rotatable bonds is 1. The SMILES string of the molecule is CC1CN(c2nc(Cl)cs2)CC1O. The van der Waals surface area contributed by atoms with Crippen LogP contribution in [0.5, 0.6) is 0 Å². The molecule has 1 aromatic rings. The maximum atomic E-state index is 9.54. The summed E-state index contributed by atoms with van der Waals surface area (Å²) in [6, 6.07) is 0. The minimum absolute atomic E-state index is 0.234. The Kier molecular flexibility index (Phi) is 2.45. The molecule has 0 bridgehead atoms. The molecule has 3 nitrogen and oxygen atoms in total. The van der Waals surface area contributed by atoms with Gasteiger partial charge in [-0.05, 0) is 0 Å². The molecule has 1 aliphatic rings. The van der Waals surface area contributed by atoms with Gasteiger partial charge in [-0.2, -0.15) is 0 Å². The third kappa shape index (κ3) is 1.80. The van der Waals surface area contributed by atoms with E-state index in [0.717, 1.165) is 11.7 Å². The molecule has 0 aromatic carbocycles. The molecule has 13 heavy (non-hydrogen) atoms. The van der Waals surface area contributed by atoms with Gasteiger partial charge in [0.05, 0.1) is 6.10 Å². The van der Waals surface area contributed by atoms with Gasteiger partial charge in [-0.25, -0.2) is 4.98 Å². The molecule has 0 amide bonds. The van der Waals surface area contributed by atoms with E-state index < -0.39 is 0 Å². The third-order valence-electron chi connectivity index (χ3n) is 2.31. The van der Waals surface area contributed by atoms with E-state index in [1.54, 1.807) is 0 Å². The number of thiazole rings is 1. The van der Waals surface area contributed by atoms with Gasteiger partial charge in [0.1, 0.15) is 5.15 Å². The lowest BCUT2D eigenvalue weighted by atomic mass is 10.1. The summed E-state index contributed by atoms with van der Waals surface area (Å²) in [6.07, 6.45) is -0.234. The molecule has 2 rings (SSSR count). The maximum Gasteiger partial charge on any atom is 0.186 e. The standard InChI is InChI=1S/C8H11ClN2OS/c1-5-2-11(3-6(5)12)8-10-7(9)4-13-8/h4-6,12H,2-3H2,1H3. The second-order valence-electron chi connectivity index (χ2n) is 3.40. The summed E-state index contributed by atoms with van der Waals surface area (Å²) in [5, 5.41) is 12.8. The first-order chi connectivity index (χ1) is 6.16. The van der Waals surface area contributed by atoms with Gasteiger partial charge in [0.2, 0.25) is 0 Å². The molecule has 72 valence electrons. The summed E-state index contributed by atoms with van der Waals surface area (Å²) in [5.41, 5.74) is 0. The Morgan fingerprint density at radius 3 is 2.92 bits per heavy atom. The van der Waals surface area contributed by atoms with E-state index >= 15 is 0 Å². The van der Waals surface area contributed by atoms with Gasteiger partial charge in [0.25, 0.3) is 0 Å². The van der Waals surface area contributed by atoms with Crippen molar-refractivity contribution in [3.05, 3.63) is 10.5 Å². The van der Waals surface area contributed by atoms with E-state index in [1.165, 1.54) is 11.3 Å². The first kappa shape index (κ1) is 9.24. The van der Waals surface area contributed by atoms with Crippen molar-refractivity contribution in [3.8, 4) is 0 Å². The molecule has 5 heteroatoms. The highest BCUT2D eigenvalue weighted by molar-refractivity contribution is 7.14. The average molecular weight is 219 g/mol. The van der Waals surface area contributed by atoms with E-state index in [9.17, 15) is 5.11 Å². The number of hydrogen-bond acceptors (Lipinski definition) is 4. The molecule has 2 unspecified atom stereocenters. The first-order valence-electron chi connectivity index (χ1n) is 4.21. The molecule has 2 atom stereocenters. The monoisotopic (exact) mass is 218 g/mol. The number of β-amino-alcohol motifs (C(OH)–C–C–N with tert-alkyl or cyclic N) is 1. The van der Waals surface area contributed by atoms with Gasteiger partial charge in [0, 0.05) is 24.4 Å². The van der Waals surface area contributed by atoms with Crippen LogP contribution in [0.1, 0.15) is 6.92 Å². The Balaban J connectivity index is 2.11. The molecule has 0 aliphatic carbocycles. The number of aliphatic hydroxyl groups excluding tert-OH is 1. The Morgan fingerprint density at radius 1 is 1.69 bits per heavy atom. The largest absolute Gasteiger partial charge is 0.391 e. The van der Waals surface area contributed by atoms with Crippen molar-refractivity contribution in [1.82, 2.24) is 4.98 Å². The maximum absolute atomic E-state index is 9.54. The summed E-state index contributed by atoms with van der Waals surface area (Å²) < 4.78 is 0. The van der Waals surface area contributed by atoms with Gasteiger partial charge >= 0.3 is 0 Å². The normalized spacial score (nSPS) is 28.4. The van der Waals surface area contributed by atoms with Crippen molar-refractivity contribution < 1.29 is 5.11 Å². The quantitative estimate of drug-likeness (QED) is 0.778. The molecular weight excluding hydrogens is 208 g/mol. The molecule has 0 saturated carbocycles. The Morgan fingerprint density at radius 2 is 2.46 bits per heavy atom. The van der Waals surface area contributed by atoms with E-state index in [2.05, 4.69) is 9.88 Å². The predicted octanol–water partition coefficient (Wildman–Crippen LogP) is 1.61. The molecule has 1 fully saturated rings. The number of halogens is 1. The van der Waals surface area contributed by atoms with E-state index in [1.807, 2.05) is 12.3 Å². The lowest BCUT2D eigenvalue weighted by Gasteiger charge is -2.12. The van der Waals surface area contributed by atoms with Crippen molar-refractivity contribution in [2.24, 2.45) is 5.92 Å². The number of aliphatic hydroxyl groups is 1. The number of aromatic nitrogens is 1. The van der Waals surface area contributed by atoms with E-state index in [0.29, 0.717) is 17.6 Å². The van der Waals surface area contributed by atoms with Crippen LogP contribution < -0.4 is 4.90 Å². The van der Waals surface area contributed by atoms with Crippen molar-refractivity contribution in [3.63, 3.8) is 0 Å². The topological polar surface area (TPSA) is 36.4 Å². The number of hydrogen-bond donors (Lipinski definition) is 1. The summed E-state index contributed by atoms with van der Waals surface area (Å²) in [6.45, 7) is 3.58. The van der Waals surface area contributed by atoms with Crippen LogP contribution in [0.3, 0.4) is 0 Å². The highest BCUT2D eigenvalue weighted by Crippen LogP contribution is 2.28. The lowest BCUT2D eigenvalue weighted by Crippen LogP contribution is -2.20. The van der Waals surface area contributed by atoms with Crippen LogP contribution in [0, 0.1) is 5.92 Å². The zero-order valence-corrected chi connectivity index (χ0v) is 8.85. The van der Waals surface area contributed by atoms with Crippen molar-refractivity contribution in [2.75, 3.05) is 18.0 Å². The zero-order chi connectivity index (χ0) is 9.42. The molecular formula is C8H11ClN2OS. The second kappa shape index (κ2) is 3.44. The fourth-order valence-corrected chi connectivity index (χ4v) is 2.46. The smallest absolute Gasteiger partial charge is 0.186 e. The fourth-order valence-electron chi connectivity index (χ4n) is 1.50. The van der Waals surface area contributed by atoms with Gasteiger partial charge in [-0.3, -0.25) is 0 Å². The summed E-state index contributed by atoms with van der Waals surface area (Å²) in [7, 11) is 0. The molecule has 1 N–H and O–H groups in total. The Bertz CT molecular complexity index is 294. The van der Waals surface area contributed by atoms with Gasteiger partial charge < -0.3 is 10.0 Å². The average Bonchev–Trinajstić information content (AvgIpc) is 2.61. The van der Waals surface area contributed by atoms with E-state index in [-0.39, 0.29) is 6.10 Å². The van der Waals surface area contributed by atoms with Crippen molar-refractivity contribution >= 4 is 28.1 Å². The molecule has 2 heterocycles. The number of nitrogens with zero attached hydrogens (tertiary/aromatic N) is 2. The van der Waals surface area contributed by atoms with Gasteiger partial charge in [-0.15, -0.1) is 11.3 Å². The minimum Gasteiger partial charge on any atom is -0.391 e. The fraction of sp³-hybridized carbons (Fsp3) is 0.625. The molecule has 1 saturated heterocycles. The minimum atomic E-state index is -0.234. The molecule has 1 aromatic heterocycles. The van der Waals surface area contributed by atoms with E-state index in [4.69, 9.17) is 11.6 Å².